The fraction of sp³-hybridized carbons (Fsp3) is 0.333. The summed E-state index contributed by atoms with van der Waals surface area (Å²) in [6, 6.07) is 6.00. The number of urea groups is 1. The fourth-order valence-electron chi connectivity index (χ4n) is 2.14. The van der Waals surface area contributed by atoms with Crippen molar-refractivity contribution in [2.45, 2.75) is 19.4 Å². The van der Waals surface area contributed by atoms with Crippen molar-refractivity contribution in [3.63, 3.8) is 0 Å². The van der Waals surface area contributed by atoms with Crippen LogP contribution in [0.15, 0.2) is 35.8 Å². The van der Waals surface area contributed by atoms with Crippen LogP contribution in [0.25, 0.3) is 0 Å². The quantitative estimate of drug-likeness (QED) is 0.649. The number of likely N-dealkylation sites (N-methyl/N-ethyl adjacent to an activating group) is 1. The molecule has 23 heavy (non-hydrogen) atoms. The van der Waals surface area contributed by atoms with Gasteiger partial charge in [0, 0.05) is 49.8 Å². The number of nitrogens with zero attached hydrogens (tertiary/aromatic N) is 3. The van der Waals surface area contributed by atoms with Gasteiger partial charge in [-0.05, 0) is 5.56 Å². The molecular weight excluding hydrogens is 316 g/mol. The Balaban J connectivity index is 1.86. The van der Waals surface area contributed by atoms with Gasteiger partial charge >= 0.3 is 6.03 Å². The van der Waals surface area contributed by atoms with Gasteiger partial charge in [-0.2, -0.15) is 0 Å². The van der Waals surface area contributed by atoms with Crippen LogP contribution in [0.4, 0.5) is 10.5 Å². The van der Waals surface area contributed by atoms with E-state index in [2.05, 4.69) is 10.3 Å². The van der Waals surface area contributed by atoms with Gasteiger partial charge in [-0.1, -0.05) is 19.1 Å². The minimum Gasteiger partial charge on any atom is -0.334 e. The summed E-state index contributed by atoms with van der Waals surface area (Å²) >= 11 is 1.57. The first kappa shape index (κ1) is 16.9. The molecule has 0 saturated heterocycles. The highest BCUT2D eigenvalue weighted by Gasteiger charge is 2.15. The van der Waals surface area contributed by atoms with Gasteiger partial charge < -0.3 is 10.2 Å². The van der Waals surface area contributed by atoms with Gasteiger partial charge in [0.15, 0.2) is 0 Å². The maximum atomic E-state index is 12.1. The number of nitrogens with one attached hydrogen (secondary N) is 1. The second-order valence-electron chi connectivity index (χ2n) is 5.24. The number of amides is 2. The van der Waals surface area contributed by atoms with E-state index < -0.39 is 4.92 Å². The molecule has 1 aromatic heterocycles. The number of nitro benzene ring substituents is 1. The summed E-state index contributed by atoms with van der Waals surface area (Å²) in [6.45, 7) is 2.81. The highest BCUT2D eigenvalue weighted by atomic mass is 32.1. The molecule has 1 N–H and O–H groups in total. The average molecular weight is 334 g/mol. The molecule has 1 unspecified atom stereocenters. The molecule has 1 aromatic carbocycles. The number of non-ortho nitro benzene ring substituents is 1. The number of hydrogen-bond donors (Lipinski definition) is 1. The minimum absolute atomic E-state index is 0.0162. The molecule has 8 heteroatoms. The number of carbonyl (C=O) groups excluding carboxylic acids is 1. The van der Waals surface area contributed by atoms with E-state index in [1.54, 1.807) is 41.6 Å². The Morgan fingerprint density at radius 3 is 2.96 bits per heavy atom. The van der Waals surface area contributed by atoms with Crippen molar-refractivity contribution in [1.82, 2.24) is 15.2 Å². The molecule has 1 heterocycles. The maximum absolute atomic E-state index is 12.1. The molecule has 2 aromatic rings. The molecule has 0 aliphatic carbocycles. The second kappa shape index (κ2) is 7.68. The van der Waals surface area contributed by atoms with Crippen LogP contribution in [0.1, 0.15) is 23.4 Å². The van der Waals surface area contributed by atoms with E-state index in [0.717, 1.165) is 5.01 Å². The van der Waals surface area contributed by atoms with Gasteiger partial charge in [0.25, 0.3) is 5.69 Å². The third-order valence-electron chi connectivity index (χ3n) is 3.33. The highest BCUT2D eigenvalue weighted by molar-refractivity contribution is 7.09. The monoisotopic (exact) mass is 334 g/mol. The van der Waals surface area contributed by atoms with Crippen LogP contribution in [0.3, 0.4) is 0 Å². The summed E-state index contributed by atoms with van der Waals surface area (Å²) in [5.41, 5.74) is 0.705. The Kier molecular flexibility index (Phi) is 5.64. The van der Waals surface area contributed by atoms with Crippen LogP contribution in [0.2, 0.25) is 0 Å². The van der Waals surface area contributed by atoms with Crippen LogP contribution >= 0.6 is 11.3 Å². The van der Waals surface area contributed by atoms with E-state index in [1.165, 1.54) is 12.1 Å². The van der Waals surface area contributed by atoms with Gasteiger partial charge in [-0.15, -0.1) is 11.3 Å². The van der Waals surface area contributed by atoms with Crippen LogP contribution < -0.4 is 5.32 Å². The number of nitro groups is 1. The third kappa shape index (κ3) is 4.75. The summed E-state index contributed by atoms with van der Waals surface area (Å²) in [4.78, 5) is 28.2. The summed E-state index contributed by atoms with van der Waals surface area (Å²) in [5, 5.41) is 16.4. The van der Waals surface area contributed by atoms with Gasteiger partial charge in [-0.3, -0.25) is 10.1 Å². The Bertz CT molecular complexity index is 675. The highest BCUT2D eigenvalue weighted by Crippen LogP contribution is 2.18. The van der Waals surface area contributed by atoms with Crippen molar-refractivity contribution in [2.75, 3.05) is 13.6 Å². The van der Waals surface area contributed by atoms with Crippen LogP contribution in [-0.4, -0.2) is 34.4 Å². The van der Waals surface area contributed by atoms with Crippen molar-refractivity contribution >= 4 is 23.1 Å². The van der Waals surface area contributed by atoms with Crippen LogP contribution in [-0.2, 0) is 6.54 Å². The Morgan fingerprint density at radius 1 is 1.52 bits per heavy atom. The lowest BCUT2D eigenvalue weighted by Crippen LogP contribution is -2.38. The van der Waals surface area contributed by atoms with E-state index in [-0.39, 0.29) is 24.2 Å². The summed E-state index contributed by atoms with van der Waals surface area (Å²) < 4.78 is 0. The van der Waals surface area contributed by atoms with E-state index >= 15 is 0 Å². The smallest absolute Gasteiger partial charge is 0.317 e. The van der Waals surface area contributed by atoms with Gasteiger partial charge in [0.05, 0.1) is 9.93 Å². The topological polar surface area (TPSA) is 88.4 Å². The number of aromatic nitrogens is 1. The largest absolute Gasteiger partial charge is 0.334 e. The van der Waals surface area contributed by atoms with Crippen LogP contribution in [0, 0.1) is 10.1 Å². The number of rotatable bonds is 6. The minimum atomic E-state index is -0.451. The predicted octanol–water partition coefficient (Wildman–Crippen LogP) is 3.00. The van der Waals surface area contributed by atoms with Crippen molar-refractivity contribution in [3.05, 3.63) is 56.5 Å². The van der Waals surface area contributed by atoms with E-state index in [4.69, 9.17) is 0 Å². The lowest BCUT2D eigenvalue weighted by atomic mass is 10.2. The fourth-order valence-corrected chi connectivity index (χ4v) is 2.83. The third-order valence-corrected chi connectivity index (χ3v) is 4.34. The SMILES string of the molecule is CC(CN(C)C(=O)NCc1cccc([N+](=O)[O-])c1)c1nccs1. The predicted molar refractivity (Wildman–Crippen MR) is 88.5 cm³/mol. The zero-order valence-electron chi connectivity index (χ0n) is 12.9. The molecule has 2 rings (SSSR count). The Labute approximate surface area is 138 Å². The molecule has 0 fully saturated rings. The molecule has 0 saturated carbocycles. The van der Waals surface area contributed by atoms with Crippen molar-refractivity contribution in [3.8, 4) is 0 Å². The molecule has 7 nitrogen and oxygen atoms in total. The number of carbonyl (C=O) groups is 1. The molecule has 0 spiro atoms. The van der Waals surface area contributed by atoms with E-state index in [9.17, 15) is 14.9 Å². The van der Waals surface area contributed by atoms with Crippen molar-refractivity contribution in [2.24, 2.45) is 0 Å². The van der Waals surface area contributed by atoms with E-state index in [1.807, 2.05) is 12.3 Å². The zero-order chi connectivity index (χ0) is 16.8. The number of thiazole rings is 1. The van der Waals surface area contributed by atoms with Gasteiger partial charge in [0.1, 0.15) is 0 Å². The summed E-state index contributed by atoms with van der Waals surface area (Å²) in [5.74, 6) is 0.156. The second-order valence-corrected chi connectivity index (χ2v) is 6.16. The molecule has 0 aliphatic heterocycles. The molecule has 2 amide bonds. The number of hydrogen-bond acceptors (Lipinski definition) is 5. The molecule has 0 radical (unpaired) electrons. The normalized spacial score (nSPS) is 11.7. The molecule has 1 atom stereocenters. The zero-order valence-corrected chi connectivity index (χ0v) is 13.7. The molecule has 0 bridgehead atoms. The van der Waals surface area contributed by atoms with Gasteiger partial charge in [-0.25, -0.2) is 9.78 Å². The van der Waals surface area contributed by atoms with Crippen LogP contribution in [0.5, 0.6) is 0 Å². The number of benzene rings is 1. The van der Waals surface area contributed by atoms with Gasteiger partial charge in [0.2, 0.25) is 0 Å². The first-order valence-electron chi connectivity index (χ1n) is 7.09. The first-order valence-corrected chi connectivity index (χ1v) is 7.97. The Hall–Kier alpha value is -2.48. The van der Waals surface area contributed by atoms with Crippen molar-refractivity contribution < 1.29 is 9.72 Å². The van der Waals surface area contributed by atoms with E-state index in [0.29, 0.717) is 12.1 Å². The standard InChI is InChI=1S/C15H18N4O3S/c1-11(14-16-6-7-23-14)10-18(2)15(20)17-9-12-4-3-5-13(8-12)19(21)22/h3-8,11H,9-10H2,1-2H3,(H,17,20). The Morgan fingerprint density at radius 2 is 2.30 bits per heavy atom. The summed E-state index contributed by atoms with van der Waals surface area (Å²) in [6.07, 6.45) is 1.75. The lowest BCUT2D eigenvalue weighted by molar-refractivity contribution is -0.384. The lowest BCUT2D eigenvalue weighted by Gasteiger charge is -2.21. The average Bonchev–Trinajstić information content (AvgIpc) is 3.07. The molecular formula is C15H18N4O3S. The summed E-state index contributed by atoms with van der Waals surface area (Å²) in [7, 11) is 1.72. The molecule has 0 aliphatic rings. The van der Waals surface area contributed by atoms with Crippen molar-refractivity contribution in [1.29, 1.82) is 0 Å². The first-order chi connectivity index (χ1) is 11.0. The molecule has 122 valence electrons. The maximum Gasteiger partial charge on any atom is 0.317 e.